The lowest BCUT2D eigenvalue weighted by Crippen LogP contribution is -2.26. The zero-order chi connectivity index (χ0) is 21.6. The molecule has 0 spiro atoms. The van der Waals surface area contributed by atoms with Crippen molar-refractivity contribution in [3.8, 4) is 11.6 Å². The van der Waals surface area contributed by atoms with Gasteiger partial charge in [0.1, 0.15) is 23.3 Å². The van der Waals surface area contributed by atoms with Gasteiger partial charge in [-0.1, -0.05) is 5.16 Å². The number of methoxy groups -OCH3 is 2. The van der Waals surface area contributed by atoms with Gasteiger partial charge in [0.15, 0.2) is 5.69 Å². The van der Waals surface area contributed by atoms with E-state index in [2.05, 4.69) is 15.1 Å². The molecule has 0 unspecified atom stereocenters. The Kier molecular flexibility index (Phi) is 4.82. The first-order chi connectivity index (χ1) is 15.1. The zero-order valence-electron chi connectivity index (χ0n) is 17.3. The highest BCUT2D eigenvalue weighted by Gasteiger charge is 2.40. The van der Waals surface area contributed by atoms with E-state index in [1.165, 1.54) is 23.0 Å². The molecule has 1 aromatic carbocycles. The molecular formula is C21H22FN5O4. The van der Waals surface area contributed by atoms with Crippen molar-refractivity contribution >= 4 is 16.6 Å². The Hall–Kier alpha value is -3.11. The summed E-state index contributed by atoms with van der Waals surface area (Å²) in [6.45, 7) is 0.560. The number of imidazole rings is 1. The molecule has 0 amide bonds. The molecule has 162 valence electrons. The molecule has 9 nitrogen and oxygen atoms in total. The third kappa shape index (κ3) is 3.05. The van der Waals surface area contributed by atoms with Gasteiger partial charge < -0.3 is 18.6 Å². The summed E-state index contributed by atoms with van der Waals surface area (Å²) in [6, 6.07) is 4.29. The Morgan fingerprint density at radius 1 is 1.23 bits per heavy atom. The van der Waals surface area contributed by atoms with E-state index in [1.807, 2.05) is 0 Å². The van der Waals surface area contributed by atoms with E-state index in [-0.39, 0.29) is 29.2 Å². The lowest BCUT2D eigenvalue weighted by atomic mass is 10.0. The molecule has 0 N–H and O–H groups in total. The average molecular weight is 427 g/mol. The average Bonchev–Trinajstić information content (AvgIpc) is 3.52. The number of rotatable bonds is 6. The van der Waals surface area contributed by atoms with Crippen LogP contribution in [-0.2, 0) is 21.6 Å². The molecule has 3 aromatic heterocycles. The Balaban J connectivity index is 1.71. The van der Waals surface area contributed by atoms with E-state index in [1.54, 1.807) is 24.7 Å². The van der Waals surface area contributed by atoms with Crippen LogP contribution in [0.15, 0.2) is 33.8 Å². The van der Waals surface area contributed by atoms with Crippen LogP contribution in [-0.4, -0.2) is 44.9 Å². The molecular weight excluding hydrogens is 405 g/mol. The minimum absolute atomic E-state index is 0.151. The fourth-order valence-electron chi connectivity index (χ4n) is 4.42. The first-order valence-electron chi connectivity index (χ1n) is 10.2. The van der Waals surface area contributed by atoms with Gasteiger partial charge in [0, 0.05) is 20.8 Å². The summed E-state index contributed by atoms with van der Waals surface area (Å²) in [4.78, 5) is 22.3. The summed E-state index contributed by atoms with van der Waals surface area (Å²) < 4.78 is 33.4. The van der Waals surface area contributed by atoms with Crippen molar-refractivity contribution in [1.29, 1.82) is 0 Å². The molecule has 3 heterocycles. The second-order valence-corrected chi connectivity index (χ2v) is 7.72. The first-order valence-corrected chi connectivity index (χ1v) is 10.2. The van der Waals surface area contributed by atoms with Gasteiger partial charge in [0.05, 0.1) is 17.6 Å². The van der Waals surface area contributed by atoms with Gasteiger partial charge in [-0.15, -0.1) is 0 Å². The van der Waals surface area contributed by atoms with Crippen LogP contribution in [0, 0.1) is 5.82 Å². The van der Waals surface area contributed by atoms with Gasteiger partial charge >= 0.3 is 0 Å². The van der Waals surface area contributed by atoms with Crippen molar-refractivity contribution in [1.82, 2.24) is 24.1 Å². The van der Waals surface area contributed by atoms with Crippen molar-refractivity contribution in [2.75, 3.05) is 20.8 Å². The van der Waals surface area contributed by atoms with Gasteiger partial charge in [-0.05, 0) is 43.9 Å². The summed E-state index contributed by atoms with van der Waals surface area (Å²) in [5, 5.41) is 4.14. The normalized spacial score (nSPS) is 16.0. The highest BCUT2D eigenvalue weighted by atomic mass is 19.1. The zero-order valence-corrected chi connectivity index (χ0v) is 17.3. The van der Waals surface area contributed by atoms with Gasteiger partial charge in [-0.2, -0.15) is 4.98 Å². The SMILES string of the molecule is COCCn1c(=O)c2c(-c3nc(C4(OC)CCCC4)no3)ncn2c2ccc(F)cc21. The summed E-state index contributed by atoms with van der Waals surface area (Å²) in [5.41, 5.74) is 0.738. The first kappa shape index (κ1) is 19.8. The lowest BCUT2D eigenvalue weighted by Gasteiger charge is -2.22. The van der Waals surface area contributed by atoms with Crippen LogP contribution in [0.25, 0.3) is 28.1 Å². The molecule has 0 saturated heterocycles. The van der Waals surface area contributed by atoms with E-state index in [4.69, 9.17) is 14.0 Å². The number of hydrogen-bond acceptors (Lipinski definition) is 7. The van der Waals surface area contributed by atoms with Crippen LogP contribution in [0.3, 0.4) is 0 Å². The van der Waals surface area contributed by atoms with Gasteiger partial charge in [-0.3, -0.25) is 9.20 Å². The van der Waals surface area contributed by atoms with Crippen LogP contribution >= 0.6 is 0 Å². The molecule has 1 aliphatic carbocycles. The number of hydrogen-bond donors (Lipinski definition) is 0. The van der Waals surface area contributed by atoms with Crippen LogP contribution < -0.4 is 5.56 Å². The lowest BCUT2D eigenvalue weighted by molar-refractivity contribution is -0.0178. The Bertz CT molecular complexity index is 1320. The maximum Gasteiger partial charge on any atom is 0.279 e. The molecule has 0 bridgehead atoms. The highest BCUT2D eigenvalue weighted by Crippen LogP contribution is 2.40. The molecule has 1 saturated carbocycles. The van der Waals surface area contributed by atoms with Crippen molar-refractivity contribution in [2.24, 2.45) is 0 Å². The molecule has 1 fully saturated rings. The molecule has 0 aliphatic heterocycles. The molecule has 5 rings (SSSR count). The summed E-state index contributed by atoms with van der Waals surface area (Å²) in [7, 11) is 3.19. The second kappa shape index (κ2) is 7.54. The van der Waals surface area contributed by atoms with Crippen LogP contribution in [0.5, 0.6) is 0 Å². The Morgan fingerprint density at radius 2 is 2.03 bits per heavy atom. The van der Waals surface area contributed by atoms with E-state index < -0.39 is 11.4 Å². The molecule has 4 aromatic rings. The van der Waals surface area contributed by atoms with E-state index >= 15 is 0 Å². The predicted molar refractivity (Wildman–Crippen MR) is 109 cm³/mol. The van der Waals surface area contributed by atoms with Crippen LogP contribution in [0.4, 0.5) is 4.39 Å². The third-order valence-electron chi connectivity index (χ3n) is 6.06. The highest BCUT2D eigenvalue weighted by molar-refractivity contribution is 5.83. The number of ether oxygens (including phenoxy) is 2. The van der Waals surface area contributed by atoms with E-state index in [0.29, 0.717) is 23.5 Å². The third-order valence-corrected chi connectivity index (χ3v) is 6.06. The van der Waals surface area contributed by atoms with Crippen LogP contribution in [0.1, 0.15) is 31.5 Å². The standard InChI is InChI=1S/C21H22FN5O4/c1-29-10-9-26-15-11-13(22)5-6-14(15)27-12-23-16(17(27)19(26)28)18-24-20(25-31-18)21(30-2)7-3-4-8-21/h5-6,11-12H,3-4,7-10H2,1-2H3. The maximum absolute atomic E-state index is 13.9. The molecule has 0 atom stereocenters. The Labute approximate surface area is 176 Å². The molecule has 1 aliphatic rings. The summed E-state index contributed by atoms with van der Waals surface area (Å²) >= 11 is 0. The second-order valence-electron chi connectivity index (χ2n) is 7.72. The number of fused-ring (bicyclic) bond motifs is 3. The van der Waals surface area contributed by atoms with Gasteiger partial charge in [0.2, 0.25) is 5.82 Å². The van der Waals surface area contributed by atoms with E-state index in [9.17, 15) is 9.18 Å². The topological polar surface area (TPSA) is 96.7 Å². The number of benzene rings is 1. The van der Waals surface area contributed by atoms with Crippen molar-refractivity contribution < 1.29 is 18.4 Å². The van der Waals surface area contributed by atoms with Crippen molar-refractivity contribution in [3.05, 3.63) is 46.5 Å². The van der Waals surface area contributed by atoms with E-state index in [0.717, 1.165) is 25.7 Å². The predicted octanol–water partition coefficient (Wildman–Crippen LogP) is 2.90. The van der Waals surface area contributed by atoms with Gasteiger partial charge in [-0.25, -0.2) is 9.37 Å². The Morgan fingerprint density at radius 3 is 2.77 bits per heavy atom. The quantitative estimate of drug-likeness (QED) is 0.467. The summed E-state index contributed by atoms with van der Waals surface area (Å²) in [5.74, 6) is 0.185. The minimum Gasteiger partial charge on any atom is -0.383 e. The molecule has 10 heteroatoms. The summed E-state index contributed by atoms with van der Waals surface area (Å²) in [6.07, 6.45) is 5.19. The number of nitrogens with zero attached hydrogens (tertiary/aromatic N) is 5. The monoisotopic (exact) mass is 427 g/mol. The van der Waals surface area contributed by atoms with Crippen LogP contribution in [0.2, 0.25) is 0 Å². The number of aromatic nitrogens is 5. The molecule has 31 heavy (non-hydrogen) atoms. The van der Waals surface area contributed by atoms with Gasteiger partial charge in [0.25, 0.3) is 11.4 Å². The molecule has 0 radical (unpaired) electrons. The number of halogens is 1. The fourth-order valence-corrected chi connectivity index (χ4v) is 4.42. The van der Waals surface area contributed by atoms with Crippen molar-refractivity contribution in [3.63, 3.8) is 0 Å². The fraction of sp³-hybridized carbons (Fsp3) is 0.429. The largest absolute Gasteiger partial charge is 0.383 e. The maximum atomic E-state index is 13.9. The van der Waals surface area contributed by atoms with Crippen molar-refractivity contribution in [2.45, 2.75) is 37.8 Å². The minimum atomic E-state index is -0.569. The smallest absolute Gasteiger partial charge is 0.279 e.